The molecule has 7 heteroatoms. The van der Waals surface area contributed by atoms with E-state index in [1.165, 1.54) is 18.2 Å². The number of ether oxygens (including phenoxy) is 1. The molecule has 0 unspecified atom stereocenters. The molecule has 4 atom stereocenters. The molecule has 2 aliphatic rings. The lowest BCUT2D eigenvalue weighted by Gasteiger charge is -2.36. The van der Waals surface area contributed by atoms with Crippen molar-refractivity contribution in [1.82, 2.24) is 0 Å². The van der Waals surface area contributed by atoms with Gasteiger partial charge in [-0.2, -0.15) is 0 Å². The Bertz CT molecular complexity index is 626. The summed E-state index contributed by atoms with van der Waals surface area (Å²) in [4.78, 5) is 23.0. The maximum absolute atomic E-state index is 12.0. The number of benzene rings is 1. The number of hydrogen-bond donors (Lipinski definition) is 4. The molecule has 1 fully saturated rings. The summed E-state index contributed by atoms with van der Waals surface area (Å²) in [6, 6.07) is 3.92. The predicted octanol–water partition coefficient (Wildman–Crippen LogP) is -0.373. The number of carboxylic acid groups (broad SMARTS) is 1. The highest BCUT2D eigenvalue weighted by Gasteiger charge is 2.57. The van der Waals surface area contributed by atoms with Gasteiger partial charge in [-0.1, -0.05) is 6.07 Å². The van der Waals surface area contributed by atoms with Crippen LogP contribution in [0.5, 0.6) is 0 Å². The van der Waals surface area contributed by atoms with Crippen LogP contribution in [0.2, 0.25) is 0 Å². The molecule has 1 spiro atoms. The van der Waals surface area contributed by atoms with Crippen LogP contribution >= 0.6 is 0 Å². The second-order valence-corrected chi connectivity index (χ2v) is 5.32. The molecular weight excluding hydrogens is 280 g/mol. The number of carboxylic acids is 1. The molecule has 1 saturated heterocycles. The van der Waals surface area contributed by atoms with E-state index in [1.807, 2.05) is 0 Å². The number of aliphatic hydroxyl groups is 3. The number of aromatic carboxylic acids is 1. The Morgan fingerprint density at radius 3 is 2.57 bits per heavy atom. The van der Waals surface area contributed by atoms with Gasteiger partial charge in [0, 0.05) is 12.0 Å². The Morgan fingerprint density at radius 1 is 1.29 bits per heavy atom. The minimum atomic E-state index is -1.56. The fraction of sp³-hybridized carbons (Fsp3) is 0.429. The molecule has 0 radical (unpaired) electrons. The van der Waals surface area contributed by atoms with Gasteiger partial charge in [0.25, 0.3) is 0 Å². The van der Waals surface area contributed by atoms with Gasteiger partial charge >= 0.3 is 5.97 Å². The first-order valence-electron chi connectivity index (χ1n) is 6.50. The number of aliphatic hydroxyl groups excluding tert-OH is 3. The number of ketones is 1. The zero-order valence-corrected chi connectivity index (χ0v) is 10.9. The highest BCUT2D eigenvalue weighted by molar-refractivity contribution is 6.01. The smallest absolute Gasteiger partial charge is 0.335 e. The maximum Gasteiger partial charge on any atom is 0.335 e. The van der Waals surface area contributed by atoms with Crippen LogP contribution in [0.25, 0.3) is 0 Å². The van der Waals surface area contributed by atoms with Crippen LogP contribution in [0.4, 0.5) is 0 Å². The highest BCUT2D eigenvalue weighted by atomic mass is 16.7. The van der Waals surface area contributed by atoms with Crippen molar-refractivity contribution in [2.75, 3.05) is 0 Å². The number of Topliss-reactive ketones (excluding diaryl/α,β-unsaturated/α-hetero) is 1. The molecule has 4 N–H and O–H groups in total. The summed E-state index contributed by atoms with van der Waals surface area (Å²) in [6.07, 6.45) is -4.28. The van der Waals surface area contributed by atoms with Gasteiger partial charge in [-0.15, -0.1) is 0 Å². The SMILES string of the molecule is O=C(O)c1ccc2c(c1)C(=O)CC[C@@]21O[C@H](O)[C@H](O)[C@@H]1O. The number of rotatable bonds is 1. The average molecular weight is 294 g/mol. The summed E-state index contributed by atoms with van der Waals surface area (Å²) in [6.45, 7) is 0. The van der Waals surface area contributed by atoms with Crippen molar-refractivity contribution in [2.24, 2.45) is 0 Å². The van der Waals surface area contributed by atoms with Crippen molar-refractivity contribution >= 4 is 11.8 Å². The summed E-state index contributed by atoms with van der Waals surface area (Å²) in [5.41, 5.74) is -1.000. The van der Waals surface area contributed by atoms with E-state index in [0.29, 0.717) is 5.56 Å². The van der Waals surface area contributed by atoms with E-state index in [9.17, 15) is 24.9 Å². The van der Waals surface area contributed by atoms with E-state index in [2.05, 4.69) is 0 Å². The van der Waals surface area contributed by atoms with Crippen LogP contribution in [0.1, 0.15) is 39.1 Å². The van der Waals surface area contributed by atoms with Gasteiger partial charge < -0.3 is 25.2 Å². The van der Waals surface area contributed by atoms with Crippen LogP contribution < -0.4 is 0 Å². The van der Waals surface area contributed by atoms with Crippen LogP contribution in [-0.4, -0.2) is 50.7 Å². The van der Waals surface area contributed by atoms with E-state index in [1.54, 1.807) is 0 Å². The van der Waals surface area contributed by atoms with E-state index in [-0.39, 0.29) is 29.8 Å². The minimum absolute atomic E-state index is 0.0343. The number of hydrogen-bond acceptors (Lipinski definition) is 6. The van der Waals surface area contributed by atoms with Crippen molar-refractivity contribution < 1.29 is 34.8 Å². The first kappa shape index (κ1) is 14.2. The fourth-order valence-electron chi connectivity index (χ4n) is 3.06. The molecule has 0 aromatic heterocycles. The van der Waals surface area contributed by atoms with E-state index < -0.39 is 30.1 Å². The van der Waals surface area contributed by atoms with Crippen molar-refractivity contribution in [3.8, 4) is 0 Å². The van der Waals surface area contributed by atoms with Crippen LogP contribution in [0, 0.1) is 0 Å². The Labute approximate surface area is 119 Å². The second kappa shape index (κ2) is 4.60. The predicted molar refractivity (Wildman–Crippen MR) is 67.7 cm³/mol. The molecule has 21 heavy (non-hydrogen) atoms. The first-order chi connectivity index (χ1) is 9.86. The van der Waals surface area contributed by atoms with Crippen LogP contribution in [-0.2, 0) is 10.3 Å². The normalized spacial score (nSPS) is 35.0. The average Bonchev–Trinajstić information content (AvgIpc) is 2.68. The number of fused-ring (bicyclic) bond motifs is 2. The highest BCUT2D eigenvalue weighted by Crippen LogP contribution is 2.47. The van der Waals surface area contributed by atoms with Crippen LogP contribution in [0.15, 0.2) is 18.2 Å². The number of carbonyl (C=O) groups is 2. The van der Waals surface area contributed by atoms with Crippen molar-refractivity contribution in [3.05, 3.63) is 34.9 Å². The largest absolute Gasteiger partial charge is 0.478 e. The van der Waals surface area contributed by atoms with Gasteiger partial charge in [0.2, 0.25) is 0 Å². The van der Waals surface area contributed by atoms with Gasteiger partial charge in [0.15, 0.2) is 12.1 Å². The van der Waals surface area contributed by atoms with Crippen molar-refractivity contribution in [3.63, 3.8) is 0 Å². The molecule has 7 nitrogen and oxygen atoms in total. The topological polar surface area (TPSA) is 124 Å². The lowest BCUT2D eigenvalue weighted by molar-refractivity contribution is -0.169. The lowest BCUT2D eigenvalue weighted by atomic mass is 9.74. The Morgan fingerprint density at radius 2 is 2.00 bits per heavy atom. The van der Waals surface area contributed by atoms with Gasteiger partial charge in [0.1, 0.15) is 17.8 Å². The fourth-order valence-corrected chi connectivity index (χ4v) is 3.06. The second-order valence-electron chi connectivity index (χ2n) is 5.32. The molecule has 0 bridgehead atoms. The molecule has 112 valence electrons. The Hall–Kier alpha value is -1.80. The summed E-state index contributed by atoms with van der Waals surface area (Å²) in [5.74, 6) is -1.43. The molecule has 1 aliphatic heterocycles. The van der Waals surface area contributed by atoms with Gasteiger partial charge in [-0.05, 0) is 24.1 Å². The molecule has 0 saturated carbocycles. The Kier molecular flexibility index (Phi) is 3.10. The molecule has 1 aromatic carbocycles. The summed E-state index contributed by atoms with van der Waals surface area (Å²) in [5, 5.41) is 38.5. The molecular formula is C14H14O7. The molecule has 1 aromatic rings. The zero-order valence-electron chi connectivity index (χ0n) is 10.9. The standard InChI is InChI=1S/C14H14O7/c15-9-3-4-14(11(17)10(16)13(20)21-14)8-2-1-6(12(18)19)5-7(8)9/h1-2,5,10-11,13,16-17,20H,3-4H2,(H,18,19)/t10-,11+,13+,14-/m1/s1. The van der Waals surface area contributed by atoms with E-state index in [4.69, 9.17) is 9.84 Å². The van der Waals surface area contributed by atoms with Gasteiger partial charge in [-0.3, -0.25) is 4.79 Å². The van der Waals surface area contributed by atoms with Crippen molar-refractivity contribution in [1.29, 1.82) is 0 Å². The van der Waals surface area contributed by atoms with E-state index in [0.717, 1.165) is 0 Å². The molecule has 3 rings (SSSR count). The maximum atomic E-state index is 12.0. The third kappa shape index (κ3) is 1.90. The van der Waals surface area contributed by atoms with Gasteiger partial charge in [-0.25, -0.2) is 4.79 Å². The monoisotopic (exact) mass is 294 g/mol. The summed E-state index contributed by atoms with van der Waals surface area (Å²) < 4.78 is 5.35. The third-order valence-electron chi connectivity index (χ3n) is 4.17. The minimum Gasteiger partial charge on any atom is -0.478 e. The first-order valence-corrected chi connectivity index (χ1v) is 6.50. The number of carbonyl (C=O) groups excluding carboxylic acids is 1. The van der Waals surface area contributed by atoms with Crippen molar-refractivity contribution in [2.45, 2.75) is 36.9 Å². The lowest BCUT2D eigenvalue weighted by Crippen LogP contribution is -2.44. The van der Waals surface area contributed by atoms with Gasteiger partial charge in [0.05, 0.1) is 5.56 Å². The summed E-state index contributed by atoms with van der Waals surface area (Å²) >= 11 is 0. The zero-order chi connectivity index (χ0) is 15.4. The Balaban J connectivity index is 2.16. The molecule has 1 aliphatic carbocycles. The van der Waals surface area contributed by atoms with Crippen LogP contribution in [0.3, 0.4) is 0 Å². The quantitative estimate of drug-likeness (QED) is 0.557. The molecule has 1 heterocycles. The third-order valence-corrected chi connectivity index (χ3v) is 4.17. The van der Waals surface area contributed by atoms with E-state index >= 15 is 0 Å². The summed E-state index contributed by atoms with van der Waals surface area (Å²) in [7, 11) is 0. The molecule has 0 amide bonds.